The van der Waals surface area contributed by atoms with Crippen molar-refractivity contribution >= 4 is 23.3 Å². The number of aromatic nitrogens is 2. The number of hydrogen-bond acceptors (Lipinski definition) is 3. The molecule has 178 valence electrons. The fraction of sp³-hybridized carbons (Fsp3) is 0.0667. The topological polar surface area (TPSA) is 72.9 Å². The summed E-state index contributed by atoms with van der Waals surface area (Å²) in [5.74, 6) is 0.435. The molecule has 0 saturated carbocycles. The van der Waals surface area contributed by atoms with Gasteiger partial charge in [-0.1, -0.05) is 84.4 Å². The summed E-state index contributed by atoms with van der Waals surface area (Å²) in [4.78, 5) is 13.0. The summed E-state index contributed by atoms with van der Waals surface area (Å²) in [5, 5.41) is 8.39. The molecule has 4 aromatic carbocycles. The summed E-state index contributed by atoms with van der Waals surface area (Å²) >= 11 is 5.99. The molecule has 1 aromatic heterocycles. The summed E-state index contributed by atoms with van der Waals surface area (Å²) in [6.45, 7) is 0.491. The Morgan fingerprint density at radius 2 is 1.42 bits per heavy atom. The maximum absolute atomic E-state index is 13.0. The van der Waals surface area contributed by atoms with E-state index in [2.05, 4.69) is 34.7 Å². The van der Waals surface area contributed by atoms with Gasteiger partial charge in [-0.2, -0.15) is 5.10 Å². The molecule has 5 nitrogen and oxygen atoms in total. The average molecular weight is 493 g/mol. The number of carbonyl (C=O) groups is 1. The van der Waals surface area contributed by atoms with Gasteiger partial charge in [0.1, 0.15) is 5.82 Å². The Labute approximate surface area is 215 Å². The van der Waals surface area contributed by atoms with E-state index in [0.717, 1.165) is 28.1 Å². The highest BCUT2D eigenvalue weighted by Gasteiger charge is 2.16. The molecule has 3 N–H and O–H groups in total. The first-order valence-electron chi connectivity index (χ1n) is 11.7. The van der Waals surface area contributed by atoms with Crippen molar-refractivity contribution in [3.05, 3.63) is 137 Å². The van der Waals surface area contributed by atoms with E-state index in [1.165, 1.54) is 0 Å². The van der Waals surface area contributed by atoms with Crippen molar-refractivity contribution in [1.29, 1.82) is 0 Å². The Balaban J connectivity index is 1.31. The van der Waals surface area contributed by atoms with Crippen LogP contribution in [0.25, 0.3) is 16.9 Å². The monoisotopic (exact) mass is 492 g/mol. The van der Waals surface area contributed by atoms with Crippen LogP contribution in [-0.2, 0) is 0 Å². The van der Waals surface area contributed by atoms with Crippen LogP contribution < -0.4 is 11.1 Å². The minimum atomic E-state index is -0.131. The molecule has 0 aliphatic rings. The van der Waals surface area contributed by atoms with E-state index in [1.807, 2.05) is 78.9 Å². The molecule has 0 aliphatic heterocycles. The van der Waals surface area contributed by atoms with Crippen LogP contribution >= 0.6 is 11.6 Å². The first-order valence-corrected chi connectivity index (χ1v) is 12.1. The number of rotatable bonds is 7. The van der Waals surface area contributed by atoms with Gasteiger partial charge in [0.25, 0.3) is 5.91 Å². The summed E-state index contributed by atoms with van der Waals surface area (Å²) in [6.07, 6.45) is 0. The van der Waals surface area contributed by atoms with Gasteiger partial charge in [-0.3, -0.25) is 4.79 Å². The van der Waals surface area contributed by atoms with E-state index < -0.39 is 0 Å². The quantitative estimate of drug-likeness (QED) is 0.278. The molecule has 0 fully saturated rings. The third-order valence-corrected chi connectivity index (χ3v) is 6.37. The summed E-state index contributed by atoms with van der Waals surface area (Å²) < 4.78 is 1.66. The second-order valence-corrected chi connectivity index (χ2v) is 8.94. The number of anilines is 1. The summed E-state index contributed by atoms with van der Waals surface area (Å²) in [5.41, 5.74) is 11.6. The highest BCUT2D eigenvalue weighted by molar-refractivity contribution is 6.30. The van der Waals surface area contributed by atoms with Crippen LogP contribution in [0, 0.1) is 0 Å². The van der Waals surface area contributed by atoms with Crippen molar-refractivity contribution in [2.24, 2.45) is 0 Å². The number of nitrogens with one attached hydrogen (secondary N) is 1. The van der Waals surface area contributed by atoms with Gasteiger partial charge < -0.3 is 11.1 Å². The second kappa shape index (κ2) is 10.5. The fourth-order valence-electron chi connectivity index (χ4n) is 4.21. The molecule has 1 amide bonds. The van der Waals surface area contributed by atoms with E-state index in [4.69, 9.17) is 17.3 Å². The van der Waals surface area contributed by atoms with Crippen LogP contribution in [0.5, 0.6) is 0 Å². The van der Waals surface area contributed by atoms with Gasteiger partial charge in [0.05, 0.1) is 11.4 Å². The number of benzene rings is 4. The highest BCUT2D eigenvalue weighted by atomic mass is 35.5. The lowest BCUT2D eigenvalue weighted by Crippen LogP contribution is -2.29. The Morgan fingerprint density at radius 1 is 0.833 bits per heavy atom. The molecule has 0 bridgehead atoms. The molecule has 1 heterocycles. The average Bonchev–Trinajstić information content (AvgIpc) is 3.32. The maximum Gasteiger partial charge on any atom is 0.251 e. The van der Waals surface area contributed by atoms with Crippen LogP contribution in [0.3, 0.4) is 0 Å². The van der Waals surface area contributed by atoms with Crippen molar-refractivity contribution in [1.82, 2.24) is 15.1 Å². The molecule has 36 heavy (non-hydrogen) atoms. The van der Waals surface area contributed by atoms with E-state index in [1.54, 1.807) is 16.8 Å². The predicted molar refractivity (Wildman–Crippen MR) is 145 cm³/mol. The number of amides is 1. The molecule has 0 saturated heterocycles. The van der Waals surface area contributed by atoms with Crippen molar-refractivity contribution < 1.29 is 4.79 Å². The number of carbonyl (C=O) groups excluding carboxylic acids is 1. The first kappa shape index (κ1) is 23.4. The molecule has 0 aliphatic carbocycles. The van der Waals surface area contributed by atoms with Gasteiger partial charge in [0.2, 0.25) is 0 Å². The first-order chi connectivity index (χ1) is 17.6. The molecule has 0 unspecified atom stereocenters. The molecular formula is C30H25ClN4O. The lowest BCUT2D eigenvalue weighted by atomic mass is 9.91. The smallest absolute Gasteiger partial charge is 0.251 e. The van der Waals surface area contributed by atoms with Crippen molar-refractivity contribution in [3.63, 3.8) is 0 Å². The minimum Gasteiger partial charge on any atom is -0.384 e. The number of nitrogens with two attached hydrogens (primary N) is 1. The van der Waals surface area contributed by atoms with Gasteiger partial charge in [-0.05, 0) is 47.5 Å². The zero-order chi connectivity index (χ0) is 24.9. The molecule has 0 atom stereocenters. The van der Waals surface area contributed by atoms with E-state index >= 15 is 0 Å². The normalized spacial score (nSPS) is 10.9. The Morgan fingerprint density at radius 3 is 2.00 bits per heavy atom. The van der Waals surface area contributed by atoms with Crippen molar-refractivity contribution in [2.45, 2.75) is 5.92 Å². The van der Waals surface area contributed by atoms with Crippen molar-refractivity contribution in [3.8, 4) is 16.9 Å². The number of hydrogen-bond donors (Lipinski definition) is 2. The maximum atomic E-state index is 13.0. The molecule has 5 aromatic rings. The lowest BCUT2D eigenvalue weighted by Gasteiger charge is -2.19. The van der Waals surface area contributed by atoms with Gasteiger partial charge in [0.15, 0.2) is 0 Å². The van der Waals surface area contributed by atoms with Crippen molar-refractivity contribution in [2.75, 3.05) is 12.3 Å². The molecule has 6 heteroatoms. The molecule has 0 radical (unpaired) electrons. The standard InChI is InChI=1S/C30H25ClN4O/c31-25-15-11-23(12-16-25)28-19-29(32)35(34-28)26-17-13-24(14-18-26)30(36)33-20-27(21-7-3-1-4-8-21)22-9-5-2-6-10-22/h1-19,27H,20,32H2,(H,33,36). The number of nitrogen functional groups attached to an aromatic ring is 1. The van der Waals surface area contributed by atoms with Crippen LogP contribution in [0.15, 0.2) is 115 Å². The Bertz CT molecular complexity index is 1410. The number of halogens is 1. The molecule has 0 spiro atoms. The van der Waals surface area contributed by atoms with Crippen LogP contribution in [0.2, 0.25) is 5.02 Å². The van der Waals surface area contributed by atoms with Crippen LogP contribution in [-0.4, -0.2) is 22.2 Å². The minimum absolute atomic E-state index is 0.0609. The third kappa shape index (κ3) is 5.16. The zero-order valence-corrected chi connectivity index (χ0v) is 20.3. The predicted octanol–water partition coefficient (Wildman–Crippen LogP) is 6.34. The number of nitrogens with zero attached hydrogens (tertiary/aromatic N) is 2. The largest absolute Gasteiger partial charge is 0.384 e. The van der Waals surface area contributed by atoms with Gasteiger partial charge in [-0.15, -0.1) is 0 Å². The van der Waals surface area contributed by atoms with E-state index in [9.17, 15) is 4.79 Å². The van der Waals surface area contributed by atoms with Gasteiger partial charge in [0, 0.05) is 34.7 Å². The zero-order valence-electron chi connectivity index (χ0n) is 19.5. The third-order valence-electron chi connectivity index (χ3n) is 6.12. The molecular weight excluding hydrogens is 468 g/mol. The summed E-state index contributed by atoms with van der Waals surface area (Å²) in [7, 11) is 0. The van der Waals surface area contributed by atoms with Crippen LogP contribution in [0.4, 0.5) is 5.82 Å². The fourth-order valence-corrected chi connectivity index (χ4v) is 4.34. The van der Waals surface area contributed by atoms with E-state index in [-0.39, 0.29) is 11.8 Å². The Hall–Kier alpha value is -4.35. The molecule has 5 rings (SSSR count). The SMILES string of the molecule is Nc1cc(-c2ccc(Cl)cc2)nn1-c1ccc(C(=O)NCC(c2ccccc2)c2ccccc2)cc1. The van der Waals surface area contributed by atoms with Gasteiger partial charge in [-0.25, -0.2) is 4.68 Å². The lowest BCUT2D eigenvalue weighted by molar-refractivity contribution is 0.0952. The summed E-state index contributed by atoms with van der Waals surface area (Å²) in [6, 6.07) is 36.9. The van der Waals surface area contributed by atoms with E-state index in [0.29, 0.717) is 22.9 Å². The second-order valence-electron chi connectivity index (χ2n) is 8.50. The highest BCUT2D eigenvalue weighted by Crippen LogP contribution is 2.26. The Kier molecular flexibility index (Phi) is 6.83. The van der Waals surface area contributed by atoms with Gasteiger partial charge >= 0.3 is 0 Å². The van der Waals surface area contributed by atoms with Crippen LogP contribution in [0.1, 0.15) is 27.4 Å².